The fraction of sp³-hybridized carbons (Fsp3) is 0.105. The summed E-state index contributed by atoms with van der Waals surface area (Å²) in [6, 6.07) is 13.5. The van der Waals surface area contributed by atoms with Crippen molar-refractivity contribution < 1.29 is 14.7 Å². The molecule has 7 heteroatoms. The smallest absolute Gasteiger partial charge is 0.307 e. The number of anilines is 2. The Morgan fingerprint density at radius 3 is 2.62 bits per heavy atom. The van der Waals surface area contributed by atoms with Gasteiger partial charge in [-0.05, 0) is 29.8 Å². The molecule has 0 aliphatic carbocycles. The van der Waals surface area contributed by atoms with Gasteiger partial charge in [0.05, 0.1) is 17.6 Å². The molecule has 3 aromatic rings. The Morgan fingerprint density at radius 2 is 1.88 bits per heavy atom. The maximum Gasteiger partial charge on any atom is 0.307 e. The lowest BCUT2D eigenvalue weighted by molar-refractivity contribution is -0.136. The standard InChI is InChI=1S/C19H17N3O4/c1-20-15-7-3-5-12-10-14(19(26)22-17(12)15)18(25)21-13-6-2-4-11(8-13)9-16(23)24/h2-8,10,20H,9H2,1H3,(H,21,25)(H,22,26)(H,23,24). The van der Waals surface area contributed by atoms with Gasteiger partial charge >= 0.3 is 5.97 Å². The maximum absolute atomic E-state index is 12.5. The normalized spacial score (nSPS) is 10.5. The number of carbonyl (C=O) groups is 2. The minimum absolute atomic E-state index is 0.0191. The zero-order valence-corrected chi connectivity index (χ0v) is 14.0. The van der Waals surface area contributed by atoms with Gasteiger partial charge in [0.15, 0.2) is 0 Å². The van der Waals surface area contributed by atoms with Gasteiger partial charge < -0.3 is 20.7 Å². The van der Waals surface area contributed by atoms with Crippen molar-refractivity contribution in [1.29, 1.82) is 0 Å². The number of aliphatic carboxylic acids is 1. The van der Waals surface area contributed by atoms with E-state index in [-0.39, 0.29) is 12.0 Å². The molecule has 1 amide bonds. The molecule has 0 spiro atoms. The predicted molar refractivity (Wildman–Crippen MR) is 99.9 cm³/mol. The average Bonchev–Trinajstić information content (AvgIpc) is 2.60. The van der Waals surface area contributed by atoms with Crippen LogP contribution in [0.5, 0.6) is 0 Å². The Bertz CT molecular complexity index is 1060. The Morgan fingerprint density at radius 1 is 1.12 bits per heavy atom. The lowest BCUT2D eigenvalue weighted by Crippen LogP contribution is -2.23. The molecule has 0 atom stereocenters. The molecule has 0 aliphatic heterocycles. The van der Waals surface area contributed by atoms with Gasteiger partial charge in [0.25, 0.3) is 11.5 Å². The molecule has 0 unspecified atom stereocenters. The van der Waals surface area contributed by atoms with Gasteiger partial charge in [-0.25, -0.2) is 0 Å². The molecule has 1 heterocycles. The highest BCUT2D eigenvalue weighted by Gasteiger charge is 2.14. The number of H-pyrrole nitrogens is 1. The molecule has 2 aromatic carbocycles. The van der Waals surface area contributed by atoms with Crippen molar-refractivity contribution in [3.8, 4) is 0 Å². The van der Waals surface area contributed by atoms with Crippen molar-refractivity contribution in [3.63, 3.8) is 0 Å². The summed E-state index contributed by atoms with van der Waals surface area (Å²) in [6.45, 7) is 0. The van der Waals surface area contributed by atoms with Crippen LogP contribution in [0.3, 0.4) is 0 Å². The van der Waals surface area contributed by atoms with Crippen molar-refractivity contribution >= 4 is 34.2 Å². The Hall–Kier alpha value is -3.61. The molecule has 0 saturated carbocycles. The second-order valence-corrected chi connectivity index (χ2v) is 5.76. The molecule has 3 rings (SSSR count). The number of aromatic nitrogens is 1. The number of para-hydroxylation sites is 1. The summed E-state index contributed by atoms with van der Waals surface area (Å²) in [4.78, 5) is 38.4. The van der Waals surface area contributed by atoms with Gasteiger partial charge in [-0.3, -0.25) is 14.4 Å². The second-order valence-electron chi connectivity index (χ2n) is 5.76. The van der Waals surface area contributed by atoms with E-state index < -0.39 is 17.4 Å². The number of pyridine rings is 1. The van der Waals surface area contributed by atoms with E-state index in [2.05, 4.69) is 15.6 Å². The van der Waals surface area contributed by atoms with Gasteiger partial charge in [-0.1, -0.05) is 24.3 Å². The van der Waals surface area contributed by atoms with Crippen LogP contribution in [-0.4, -0.2) is 29.0 Å². The predicted octanol–water partition coefficient (Wildman–Crippen LogP) is 2.45. The average molecular weight is 351 g/mol. The van der Waals surface area contributed by atoms with Crippen LogP contribution in [-0.2, 0) is 11.2 Å². The SMILES string of the molecule is CNc1cccc2cc(C(=O)Nc3cccc(CC(=O)O)c3)c(=O)[nH]c12. The maximum atomic E-state index is 12.5. The van der Waals surface area contributed by atoms with Gasteiger partial charge in [-0.15, -0.1) is 0 Å². The van der Waals surface area contributed by atoms with E-state index in [0.717, 1.165) is 11.1 Å². The third-order valence-electron chi connectivity index (χ3n) is 3.93. The molecule has 1 aromatic heterocycles. The van der Waals surface area contributed by atoms with Crippen LogP contribution in [0.2, 0.25) is 0 Å². The topological polar surface area (TPSA) is 111 Å². The molecule has 0 saturated heterocycles. The van der Waals surface area contributed by atoms with E-state index in [1.807, 2.05) is 12.1 Å². The molecule has 4 N–H and O–H groups in total. The first-order chi connectivity index (χ1) is 12.5. The quantitative estimate of drug-likeness (QED) is 0.564. The summed E-state index contributed by atoms with van der Waals surface area (Å²) in [5, 5.41) is 15.2. The highest BCUT2D eigenvalue weighted by molar-refractivity contribution is 6.06. The summed E-state index contributed by atoms with van der Waals surface area (Å²) < 4.78 is 0. The molecule has 0 fully saturated rings. The monoisotopic (exact) mass is 351 g/mol. The number of carbonyl (C=O) groups excluding carboxylic acids is 1. The van der Waals surface area contributed by atoms with Crippen molar-refractivity contribution in [1.82, 2.24) is 4.98 Å². The van der Waals surface area contributed by atoms with E-state index in [4.69, 9.17) is 5.11 Å². The number of hydrogen-bond donors (Lipinski definition) is 4. The molecule has 26 heavy (non-hydrogen) atoms. The van der Waals surface area contributed by atoms with Crippen molar-refractivity contribution in [3.05, 3.63) is 70.0 Å². The number of amides is 1. The summed E-state index contributed by atoms with van der Waals surface area (Å²) in [5.74, 6) is -1.52. The lowest BCUT2D eigenvalue weighted by atomic mass is 10.1. The zero-order chi connectivity index (χ0) is 18.7. The molecular formula is C19H17N3O4. The number of carboxylic acid groups (broad SMARTS) is 1. The van der Waals surface area contributed by atoms with E-state index in [0.29, 0.717) is 16.8 Å². The van der Waals surface area contributed by atoms with Gasteiger partial charge in [0.1, 0.15) is 5.56 Å². The number of aromatic amines is 1. The number of carboxylic acids is 1. The van der Waals surface area contributed by atoms with Crippen molar-refractivity contribution in [2.45, 2.75) is 6.42 Å². The van der Waals surface area contributed by atoms with Crippen molar-refractivity contribution in [2.24, 2.45) is 0 Å². The molecule has 7 nitrogen and oxygen atoms in total. The lowest BCUT2D eigenvalue weighted by Gasteiger charge is -2.09. The number of hydrogen-bond acceptors (Lipinski definition) is 4. The van der Waals surface area contributed by atoms with Crippen LogP contribution in [0.1, 0.15) is 15.9 Å². The Labute approximate surface area is 148 Å². The third-order valence-corrected chi connectivity index (χ3v) is 3.93. The number of benzene rings is 2. The summed E-state index contributed by atoms with van der Waals surface area (Å²) in [6.07, 6.45) is -0.146. The van der Waals surface area contributed by atoms with E-state index in [1.54, 1.807) is 37.4 Å². The fourth-order valence-electron chi connectivity index (χ4n) is 2.74. The van der Waals surface area contributed by atoms with Gasteiger partial charge in [-0.2, -0.15) is 0 Å². The van der Waals surface area contributed by atoms with Gasteiger partial charge in [0.2, 0.25) is 0 Å². The highest BCUT2D eigenvalue weighted by Crippen LogP contribution is 2.20. The molecule has 132 valence electrons. The summed E-state index contributed by atoms with van der Waals surface area (Å²) >= 11 is 0. The minimum atomic E-state index is -0.959. The molecule has 0 aliphatic rings. The highest BCUT2D eigenvalue weighted by atomic mass is 16.4. The number of fused-ring (bicyclic) bond motifs is 1. The molecule has 0 bridgehead atoms. The molecular weight excluding hydrogens is 334 g/mol. The minimum Gasteiger partial charge on any atom is -0.481 e. The van der Waals surface area contributed by atoms with E-state index >= 15 is 0 Å². The van der Waals surface area contributed by atoms with Crippen molar-refractivity contribution in [2.75, 3.05) is 17.7 Å². The summed E-state index contributed by atoms with van der Waals surface area (Å²) in [5.41, 5.74) is 1.85. The molecule has 0 radical (unpaired) electrons. The van der Waals surface area contributed by atoms with Gasteiger partial charge in [0, 0.05) is 18.1 Å². The first kappa shape index (κ1) is 17.2. The van der Waals surface area contributed by atoms with E-state index in [9.17, 15) is 14.4 Å². The fourth-order valence-corrected chi connectivity index (χ4v) is 2.74. The van der Waals surface area contributed by atoms with Crippen LogP contribution >= 0.6 is 0 Å². The van der Waals surface area contributed by atoms with Crippen LogP contribution in [0, 0.1) is 0 Å². The Balaban J connectivity index is 1.92. The van der Waals surface area contributed by atoms with Crippen LogP contribution in [0.4, 0.5) is 11.4 Å². The summed E-state index contributed by atoms with van der Waals surface area (Å²) in [7, 11) is 1.75. The largest absolute Gasteiger partial charge is 0.481 e. The van der Waals surface area contributed by atoms with Crippen LogP contribution in [0.25, 0.3) is 10.9 Å². The first-order valence-electron chi connectivity index (χ1n) is 7.94. The third kappa shape index (κ3) is 3.56. The van der Waals surface area contributed by atoms with Crippen LogP contribution in [0.15, 0.2) is 53.3 Å². The first-order valence-corrected chi connectivity index (χ1v) is 7.94. The van der Waals surface area contributed by atoms with E-state index in [1.165, 1.54) is 6.07 Å². The number of nitrogens with one attached hydrogen (secondary N) is 3. The second kappa shape index (κ2) is 7.10. The number of rotatable bonds is 5. The Kier molecular flexibility index (Phi) is 4.70. The van der Waals surface area contributed by atoms with Crippen LogP contribution < -0.4 is 16.2 Å². The zero-order valence-electron chi connectivity index (χ0n) is 14.0.